The fourth-order valence-corrected chi connectivity index (χ4v) is 9.70. The van der Waals surface area contributed by atoms with E-state index < -0.39 is 123 Å². The number of nitrogens with one attached hydrogen (secondary N) is 4. The molecule has 7 rings (SSSR count). The number of aliphatic carboxylic acids is 8. The molecule has 6 aromatic rings. The van der Waals surface area contributed by atoms with Gasteiger partial charge in [0.1, 0.15) is 0 Å². The fourth-order valence-electron chi connectivity index (χ4n) is 8.74. The van der Waals surface area contributed by atoms with Crippen molar-refractivity contribution < 1.29 is 87.6 Å². The summed E-state index contributed by atoms with van der Waals surface area (Å²) in [5.41, 5.74) is -22.9. The number of carboxylic acids is 8. The van der Waals surface area contributed by atoms with E-state index in [0.29, 0.717) is 53.0 Å². The normalized spacial score (nSPS) is 13.0. The molecule has 0 spiro atoms. The topological polar surface area (TPSA) is 422 Å². The van der Waals surface area contributed by atoms with E-state index in [0.717, 1.165) is 12.1 Å². The molecule has 0 radical (unpaired) electrons. The third-order valence-corrected chi connectivity index (χ3v) is 14.0. The molecule has 23 nitrogen and oxygen atoms in total. The number of carboxylic acid groups (broad SMARTS) is 8. The van der Waals surface area contributed by atoms with Gasteiger partial charge in [-0.2, -0.15) is 0 Å². The average molecular weight is 1010 g/mol. The largest absolute Gasteiger partial charge is 0.480 e. The first kappa shape index (κ1) is 50.6. The van der Waals surface area contributed by atoms with Crippen molar-refractivity contribution in [1.29, 1.82) is 0 Å². The van der Waals surface area contributed by atoms with E-state index in [1.807, 2.05) is 18.2 Å². The van der Waals surface area contributed by atoms with Crippen LogP contribution in [0.25, 0.3) is 34.9 Å². The number of nitrogens with two attached hydrogens (primary N) is 1. The van der Waals surface area contributed by atoms with E-state index in [2.05, 4.69) is 19.9 Å². The van der Waals surface area contributed by atoms with Crippen LogP contribution in [-0.4, -0.2) is 117 Å². The Morgan fingerprint density at radius 2 is 0.847 bits per heavy atom. The van der Waals surface area contributed by atoms with Crippen LogP contribution >= 0.6 is 0 Å². The van der Waals surface area contributed by atoms with Crippen LogP contribution in [0.3, 0.4) is 0 Å². The zero-order chi connectivity index (χ0) is 53.4. The standard InChI is InChI=1S/C48H41N5O18S/c1-45(37(54)55,38(56)57)29-19-28(33(46(2,39(58)59)40(60)61)35(48(4,43(66)67)44(68)69)34(29)47(3,41(62)63)42(64)65)26-6-5-7-27(36(26)72(49,70)71)32-30-14-12-24(52-30)17-22-10-8-20(50-22)16-21-9-11-23(51-21)18-25-13-15-31(32)53-25/h5-19,50-53H,1-4H3,(H,54,55)(H,56,57)(H,58,59)(H,60,61)(H,62,63)(H,64,65)(H,66,67)(H,68,69)(H2,49,70,71). The van der Waals surface area contributed by atoms with E-state index >= 15 is 0 Å². The number of rotatable bonds is 15. The summed E-state index contributed by atoms with van der Waals surface area (Å²) in [5.74, 6) is -20.1. The van der Waals surface area contributed by atoms with Crippen molar-refractivity contribution in [3.8, 4) is 11.1 Å². The van der Waals surface area contributed by atoms with Gasteiger partial charge in [0.25, 0.3) is 0 Å². The Hall–Kier alpha value is -9.29. The minimum Gasteiger partial charge on any atom is -0.480 e. The molecule has 14 N–H and O–H groups in total. The summed E-state index contributed by atoms with van der Waals surface area (Å²) in [6.45, 7) is 1.24. The van der Waals surface area contributed by atoms with Gasteiger partial charge in [-0.1, -0.05) is 18.2 Å². The van der Waals surface area contributed by atoms with Crippen LogP contribution in [0, 0.1) is 0 Å². The van der Waals surface area contributed by atoms with Crippen molar-refractivity contribution in [2.45, 2.75) is 54.3 Å². The van der Waals surface area contributed by atoms with Crippen LogP contribution in [-0.2, 0) is 70.0 Å². The van der Waals surface area contributed by atoms with Crippen molar-refractivity contribution >= 4 is 81.6 Å². The van der Waals surface area contributed by atoms with Gasteiger partial charge in [-0.3, -0.25) is 38.4 Å². The summed E-state index contributed by atoms with van der Waals surface area (Å²) < 4.78 is 28.9. The number of sulfonamides is 1. The molecule has 0 fully saturated rings. The average Bonchev–Trinajstić information content (AvgIpc) is 4.14. The van der Waals surface area contributed by atoms with Crippen molar-refractivity contribution in [2.24, 2.45) is 5.14 Å². The monoisotopic (exact) mass is 1010 g/mol. The predicted molar refractivity (Wildman–Crippen MR) is 248 cm³/mol. The van der Waals surface area contributed by atoms with Gasteiger partial charge in [0.05, 0.1) is 4.90 Å². The maximum atomic E-state index is 14.5. The van der Waals surface area contributed by atoms with Gasteiger partial charge >= 0.3 is 47.8 Å². The van der Waals surface area contributed by atoms with Crippen molar-refractivity contribution in [1.82, 2.24) is 19.9 Å². The van der Waals surface area contributed by atoms with E-state index in [-0.39, 0.29) is 30.5 Å². The first-order chi connectivity index (χ1) is 33.4. The number of fused-ring (bicyclic) bond motifs is 8. The second kappa shape index (κ2) is 17.3. The highest BCUT2D eigenvalue weighted by atomic mass is 32.2. The molecule has 372 valence electrons. The van der Waals surface area contributed by atoms with Gasteiger partial charge < -0.3 is 60.8 Å². The van der Waals surface area contributed by atoms with Gasteiger partial charge in [-0.25, -0.2) is 13.6 Å². The van der Waals surface area contributed by atoms with E-state index in [1.54, 1.807) is 36.4 Å². The quantitative estimate of drug-likeness (QED) is 0.0604. The zero-order valence-corrected chi connectivity index (χ0v) is 38.6. The molecule has 0 amide bonds. The number of H-pyrrole nitrogens is 4. The summed E-state index contributed by atoms with van der Waals surface area (Å²) in [4.78, 5) is 119. The number of aromatic nitrogens is 4. The minimum atomic E-state index is -5.40. The molecule has 2 aromatic carbocycles. The van der Waals surface area contributed by atoms with Gasteiger partial charge in [0.15, 0.2) is 21.7 Å². The lowest BCUT2D eigenvalue weighted by molar-refractivity contribution is -0.161. The maximum absolute atomic E-state index is 14.5. The molecular formula is C48H41N5O18S. The van der Waals surface area contributed by atoms with Crippen LogP contribution in [0.2, 0.25) is 0 Å². The molecular weight excluding hydrogens is 967 g/mol. The SMILES string of the molecule is CC(C(=O)O)(C(=O)O)c1cc(-c2cccc(C3=c4ccc([nH]4)=Cc4ccc([nH]4)C=c4ccc([nH]4)=Cc4ccc3[nH]4)c2S(N)(=O)=O)c(C(C)(C(=O)O)C(=O)O)c(C(C)(C(=O)O)C(=O)O)c1C(C)(C(=O)O)C(=O)O. The van der Waals surface area contributed by atoms with Crippen LogP contribution in [0.5, 0.6) is 0 Å². The number of hydrogen-bond acceptors (Lipinski definition) is 10. The van der Waals surface area contributed by atoms with Crippen LogP contribution in [0.15, 0.2) is 77.7 Å². The summed E-state index contributed by atoms with van der Waals surface area (Å²) >= 11 is 0. The van der Waals surface area contributed by atoms with E-state index in [4.69, 9.17) is 5.14 Å². The van der Waals surface area contributed by atoms with E-state index in [9.17, 15) is 87.6 Å². The zero-order valence-electron chi connectivity index (χ0n) is 37.8. The summed E-state index contributed by atoms with van der Waals surface area (Å²) in [6, 6.07) is 16.8. The third-order valence-electron chi connectivity index (χ3n) is 13.0. The van der Waals surface area contributed by atoms with Crippen molar-refractivity contribution in [3.63, 3.8) is 0 Å². The molecule has 72 heavy (non-hydrogen) atoms. The second-order valence-electron chi connectivity index (χ2n) is 17.5. The van der Waals surface area contributed by atoms with Gasteiger partial charge in [0, 0.05) is 60.9 Å². The third kappa shape index (κ3) is 7.79. The highest BCUT2D eigenvalue weighted by Gasteiger charge is 2.62. The smallest absolute Gasteiger partial charge is 0.325 e. The number of carbonyl (C=O) groups is 8. The van der Waals surface area contributed by atoms with Gasteiger partial charge in [0.2, 0.25) is 10.0 Å². The molecule has 0 saturated carbocycles. The molecule has 5 heterocycles. The lowest BCUT2D eigenvalue weighted by atomic mass is 9.59. The van der Waals surface area contributed by atoms with Gasteiger partial charge in [-0.05, 0) is 128 Å². The summed E-state index contributed by atoms with van der Waals surface area (Å²) in [5, 5.41) is 94.3. The molecule has 1 aliphatic heterocycles. The molecule has 0 unspecified atom stereocenters. The first-order valence-corrected chi connectivity index (χ1v) is 22.4. The van der Waals surface area contributed by atoms with E-state index in [1.165, 1.54) is 18.2 Å². The van der Waals surface area contributed by atoms with Crippen molar-refractivity contribution in [2.75, 3.05) is 0 Å². The number of benzene rings is 2. The Balaban J connectivity index is 1.83. The first-order valence-electron chi connectivity index (χ1n) is 20.9. The molecule has 8 bridgehead atoms. The van der Waals surface area contributed by atoms with Crippen molar-refractivity contribution in [3.05, 3.63) is 145 Å². The van der Waals surface area contributed by atoms with Gasteiger partial charge in [-0.15, -0.1) is 0 Å². The Morgan fingerprint density at radius 3 is 1.32 bits per heavy atom. The highest BCUT2D eigenvalue weighted by Crippen LogP contribution is 2.52. The van der Waals surface area contributed by atoms with Crippen LogP contribution in [0.1, 0.15) is 78.3 Å². The Morgan fingerprint density at radius 1 is 0.444 bits per heavy atom. The molecule has 0 saturated heterocycles. The number of primary sulfonamides is 1. The second-order valence-corrected chi connectivity index (χ2v) is 19.0. The highest BCUT2D eigenvalue weighted by molar-refractivity contribution is 7.89. The fraction of sp³-hybridized carbons (Fsp3) is 0.167. The summed E-state index contributed by atoms with van der Waals surface area (Å²) in [6.07, 6.45) is 5.24. The Kier molecular flexibility index (Phi) is 12.1. The minimum absolute atomic E-state index is 0.0519. The Labute approximate surface area is 403 Å². The lowest BCUT2D eigenvalue weighted by Crippen LogP contribution is -2.53. The number of hydrogen-bond donors (Lipinski definition) is 13. The summed E-state index contributed by atoms with van der Waals surface area (Å²) in [7, 11) is -5.40. The Bertz CT molecular complexity index is 3740. The predicted octanol–water partition coefficient (Wildman–Crippen LogP) is 0.0681. The molecule has 1 aliphatic rings. The van der Waals surface area contributed by atoms with Crippen LogP contribution in [0.4, 0.5) is 0 Å². The molecule has 0 aliphatic carbocycles. The van der Waals surface area contributed by atoms with Crippen LogP contribution < -0.4 is 26.5 Å². The number of aromatic amines is 4. The molecule has 0 atom stereocenters. The molecule has 24 heteroatoms. The maximum Gasteiger partial charge on any atom is 0.325 e. The lowest BCUT2D eigenvalue weighted by Gasteiger charge is -2.40. The molecule has 4 aromatic heterocycles.